The highest BCUT2D eigenvalue weighted by Crippen LogP contribution is 2.28. The van der Waals surface area contributed by atoms with Gasteiger partial charge in [-0.15, -0.1) is 10.2 Å². The fraction of sp³-hybridized carbons (Fsp3) is 0.125. The lowest BCUT2D eigenvalue weighted by atomic mass is 10.1. The van der Waals surface area contributed by atoms with Gasteiger partial charge in [-0.1, -0.05) is 59.2 Å². The van der Waals surface area contributed by atoms with Crippen molar-refractivity contribution in [3.8, 4) is 0 Å². The number of nitrogens with zero attached hydrogens (tertiary/aromatic N) is 2. The summed E-state index contributed by atoms with van der Waals surface area (Å²) in [7, 11) is 0. The molecule has 0 amide bonds. The van der Waals surface area contributed by atoms with E-state index in [0.717, 1.165) is 5.56 Å². The van der Waals surface area contributed by atoms with E-state index in [2.05, 4.69) is 10.2 Å². The number of halogens is 3. The van der Waals surface area contributed by atoms with Crippen molar-refractivity contribution in [3.05, 3.63) is 75.3 Å². The Morgan fingerprint density at radius 1 is 1.04 bits per heavy atom. The lowest BCUT2D eigenvalue weighted by Crippen LogP contribution is -1.92. The Morgan fingerprint density at radius 3 is 2.65 bits per heavy atom. The van der Waals surface area contributed by atoms with Crippen LogP contribution in [0.3, 0.4) is 0 Å². The highest BCUT2D eigenvalue weighted by atomic mass is 35.5. The highest BCUT2D eigenvalue weighted by molar-refractivity contribution is 7.98. The van der Waals surface area contributed by atoms with Crippen LogP contribution in [-0.2, 0) is 12.2 Å². The fourth-order valence-electron chi connectivity index (χ4n) is 1.95. The van der Waals surface area contributed by atoms with Crippen LogP contribution in [0.25, 0.3) is 0 Å². The number of thioether (sulfide) groups is 1. The number of hydrogen-bond acceptors (Lipinski definition) is 4. The first-order valence-electron chi connectivity index (χ1n) is 6.74. The number of hydrogen-bond donors (Lipinski definition) is 0. The summed E-state index contributed by atoms with van der Waals surface area (Å²) in [5.74, 6) is 0.671. The lowest BCUT2D eigenvalue weighted by molar-refractivity contribution is 0.418. The van der Waals surface area contributed by atoms with Crippen molar-refractivity contribution in [2.24, 2.45) is 0 Å². The summed E-state index contributed by atoms with van der Waals surface area (Å²) in [5, 5.41) is 9.51. The van der Waals surface area contributed by atoms with Crippen LogP contribution >= 0.6 is 35.0 Å². The van der Waals surface area contributed by atoms with E-state index in [-0.39, 0.29) is 12.2 Å². The maximum Gasteiger partial charge on any atom is 0.276 e. The number of benzene rings is 2. The van der Waals surface area contributed by atoms with Gasteiger partial charge in [0.05, 0.1) is 6.42 Å². The van der Waals surface area contributed by atoms with Gasteiger partial charge in [-0.05, 0) is 29.3 Å². The summed E-state index contributed by atoms with van der Waals surface area (Å²) >= 11 is 13.4. The lowest BCUT2D eigenvalue weighted by Gasteiger charge is -2.02. The molecule has 0 atom stereocenters. The molecule has 0 spiro atoms. The fourth-order valence-corrected chi connectivity index (χ4v) is 3.29. The molecule has 23 heavy (non-hydrogen) atoms. The first-order valence-corrected chi connectivity index (χ1v) is 8.48. The summed E-state index contributed by atoms with van der Waals surface area (Å²) in [6, 6.07) is 11.8. The molecule has 0 aliphatic carbocycles. The van der Waals surface area contributed by atoms with Crippen molar-refractivity contribution in [1.29, 1.82) is 0 Å². The predicted octanol–water partition coefficient (Wildman–Crippen LogP) is 5.40. The van der Waals surface area contributed by atoms with E-state index in [1.165, 1.54) is 17.8 Å². The molecule has 0 bridgehead atoms. The van der Waals surface area contributed by atoms with Crippen LogP contribution in [0.15, 0.2) is 52.1 Å². The SMILES string of the molecule is Fc1ccccc1Cc1nnc(SCc2ccc(Cl)cc2Cl)o1. The molecule has 3 aromatic rings. The topological polar surface area (TPSA) is 38.9 Å². The Kier molecular flexibility index (Phi) is 5.20. The molecule has 7 heteroatoms. The van der Waals surface area contributed by atoms with Gasteiger partial charge >= 0.3 is 0 Å². The third-order valence-electron chi connectivity index (χ3n) is 3.11. The molecule has 118 valence electrons. The quantitative estimate of drug-likeness (QED) is 0.565. The standard InChI is InChI=1S/C16H11Cl2FN2OS/c17-12-6-5-11(13(18)8-12)9-23-16-21-20-15(22-16)7-10-3-1-2-4-14(10)19/h1-6,8H,7,9H2. The minimum Gasteiger partial charge on any atom is -0.416 e. The molecule has 0 aliphatic heterocycles. The Balaban J connectivity index is 1.64. The molecule has 0 saturated carbocycles. The Bertz CT molecular complexity index is 825. The molecular formula is C16H11Cl2FN2OS. The van der Waals surface area contributed by atoms with Crippen molar-refractivity contribution in [2.75, 3.05) is 0 Å². The van der Waals surface area contributed by atoms with Crippen molar-refractivity contribution in [2.45, 2.75) is 17.4 Å². The summed E-state index contributed by atoms with van der Waals surface area (Å²) in [4.78, 5) is 0. The van der Waals surface area contributed by atoms with Crippen LogP contribution in [0.4, 0.5) is 4.39 Å². The largest absolute Gasteiger partial charge is 0.416 e. The molecule has 1 heterocycles. The minimum absolute atomic E-state index is 0.266. The van der Waals surface area contributed by atoms with Gasteiger partial charge in [-0.3, -0.25) is 0 Å². The van der Waals surface area contributed by atoms with E-state index in [4.69, 9.17) is 27.6 Å². The molecule has 3 rings (SSSR count). The molecule has 0 aliphatic rings. The van der Waals surface area contributed by atoms with Gasteiger partial charge in [0, 0.05) is 15.8 Å². The average Bonchev–Trinajstić information content (AvgIpc) is 2.96. The van der Waals surface area contributed by atoms with Crippen LogP contribution < -0.4 is 0 Å². The van der Waals surface area contributed by atoms with Crippen LogP contribution in [0.2, 0.25) is 10.0 Å². The first kappa shape index (κ1) is 16.3. The molecule has 0 unspecified atom stereocenters. The smallest absolute Gasteiger partial charge is 0.276 e. The van der Waals surface area contributed by atoms with Crippen LogP contribution in [-0.4, -0.2) is 10.2 Å². The van der Waals surface area contributed by atoms with E-state index >= 15 is 0 Å². The van der Waals surface area contributed by atoms with Gasteiger partial charge in [0.25, 0.3) is 5.22 Å². The van der Waals surface area contributed by atoms with E-state index in [1.54, 1.807) is 30.3 Å². The van der Waals surface area contributed by atoms with Gasteiger partial charge in [0.15, 0.2) is 0 Å². The van der Waals surface area contributed by atoms with Crippen molar-refractivity contribution in [3.63, 3.8) is 0 Å². The summed E-state index contributed by atoms with van der Waals surface area (Å²) in [5.41, 5.74) is 1.45. The zero-order chi connectivity index (χ0) is 16.2. The van der Waals surface area contributed by atoms with Crippen LogP contribution in [0.1, 0.15) is 17.0 Å². The van der Waals surface area contributed by atoms with E-state index in [9.17, 15) is 4.39 Å². The van der Waals surface area contributed by atoms with Gasteiger partial charge < -0.3 is 4.42 Å². The molecule has 0 saturated heterocycles. The first-order chi connectivity index (χ1) is 11.1. The zero-order valence-electron chi connectivity index (χ0n) is 11.8. The van der Waals surface area contributed by atoms with Gasteiger partial charge in [-0.2, -0.15) is 0 Å². The second-order valence-corrected chi connectivity index (χ2v) is 6.52. The molecule has 1 aromatic heterocycles. The van der Waals surface area contributed by atoms with Gasteiger partial charge in [0.1, 0.15) is 5.82 Å². The van der Waals surface area contributed by atoms with Crippen LogP contribution in [0.5, 0.6) is 0 Å². The molecule has 2 aromatic carbocycles. The number of rotatable bonds is 5. The molecule has 0 N–H and O–H groups in total. The summed E-state index contributed by atoms with van der Waals surface area (Å²) < 4.78 is 19.1. The number of aromatic nitrogens is 2. The highest BCUT2D eigenvalue weighted by Gasteiger charge is 2.11. The monoisotopic (exact) mass is 368 g/mol. The van der Waals surface area contributed by atoms with Gasteiger partial charge in [-0.25, -0.2) is 4.39 Å². The van der Waals surface area contributed by atoms with Crippen LogP contribution in [0, 0.1) is 5.82 Å². The second kappa shape index (κ2) is 7.34. The Hall–Kier alpha value is -1.56. The third-order valence-corrected chi connectivity index (χ3v) is 4.57. The van der Waals surface area contributed by atoms with E-state index < -0.39 is 0 Å². The second-order valence-electron chi connectivity index (χ2n) is 4.75. The zero-order valence-corrected chi connectivity index (χ0v) is 14.1. The normalized spacial score (nSPS) is 10.9. The average molecular weight is 369 g/mol. The summed E-state index contributed by atoms with van der Waals surface area (Å²) in [6.07, 6.45) is 0.266. The maximum absolute atomic E-state index is 13.6. The Morgan fingerprint density at radius 2 is 1.87 bits per heavy atom. The van der Waals surface area contributed by atoms with Crippen molar-refractivity contribution >= 4 is 35.0 Å². The molecule has 0 radical (unpaired) electrons. The summed E-state index contributed by atoms with van der Waals surface area (Å²) in [6.45, 7) is 0. The van der Waals surface area contributed by atoms with E-state index in [1.807, 2.05) is 6.07 Å². The predicted molar refractivity (Wildman–Crippen MR) is 89.5 cm³/mol. The minimum atomic E-state index is -0.284. The molecule has 0 fully saturated rings. The Labute approximate surface area is 146 Å². The molecule has 3 nitrogen and oxygen atoms in total. The van der Waals surface area contributed by atoms with E-state index in [0.29, 0.717) is 32.5 Å². The maximum atomic E-state index is 13.6. The van der Waals surface area contributed by atoms with Crippen molar-refractivity contribution in [1.82, 2.24) is 10.2 Å². The van der Waals surface area contributed by atoms with Gasteiger partial charge in [0.2, 0.25) is 5.89 Å². The van der Waals surface area contributed by atoms with Crippen molar-refractivity contribution < 1.29 is 8.81 Å². The third kappa shape index (κ3) is 4.25. The molecular weight excluding hydrogens is 358 g/mol.